The molecule has 0 aliphatic heterocycles. The smallest absolute Gasteiger partial charge is 0.306 e. The second-order valence-electron chi connectivity index (χ2n) is 26.1. The Labute approximate surface area is 505 Å². The van der Waals surface area contributed by atoms with Crippen LogP contribution >= 0.6 is 7.82 Å². The van der Waals surface area contributed by atoms with Crippen molar-refractivity contribution in [1.29, 1.82) is 0 Å². The van der Waals surface area contributed by atoms with Gasteiger partial charge in [0.1, 0.15) is 19.3 Å². The zero-order valence-corrected chi connectivity index (χ0v) is 56.2. The first kappa shape index (κ1) is 79.8. The maximum absolute atomic E-state index is 13.6. The van der Waals surface area contributed by atoms with Crippen LogP contribution in [0.3, 0.4) is 0 Å². The van der Waals surface area contributed by atoms with Gasteiger partial charge in [-0.25, -0.2) is 0 Å². The Morgan fingerprint density at radius 1 is 0.420 bits per heavy atom. The Morgan fingerprint density at radius 3 is 1.01 bits per heavy atom. The van der Waals surface area contributed by atoms with Crippen molar-refractivity contribution in [2.24, 2.45) is 0 Å². The number of rotatable bonds is 67. The summed E-state index contributed by atoms with van der Waals surface area (Å²) in [5, 5.41) is 3.05. The molecule has 1 amide bonds. The van der Waals surface area contributed by atoms with Crippen molar-refractivity contribution in [1.82, 2.24) is 5.32 Å². The molecule has 3 unspecified atom stereocenters. The van der Waals surface area contributed by atoms with Crippen LogP contribution in [0.4, 0.5) is 0 Å². The summed E-state index contributed by atoms with van der Waals surface area (Å²) in [6, 6.07) is -0.880. The number of allylic oxidation sites excluding steroid dienone is 1. The highest BCUT2D eigenvalue weighted by molar-refractivity contribution is 7.45. The largest absolute Gasteiger partial charge is 0.756 e. The first-order valence-corrected chi connectivity index (χ1v) is 37.5. The minimum Gasteiger partial charge on any atom is -0.756 e. The van der Waals surface area contributed by atoms with Gasteiger partial charge in [-0.15, -0.1) is 0 Å². The number of likely N-dealkylation sites (N-methyl/N-ethyl adjacent to an activating group) is 1. The lowest BCUT2D eigenvalue weighted by atomic mass is 10.0. The SMILES string of the molecule is CCCCCCCCCCCCC/C=C\C(OC(=O)CCCCCCCCCCCCCCCCCCC)C(COP(=O)([O-])OCC[N+](C)(C)C)NC(=O)CCCCCCCCCCCCCCCCCCCCCCCCCCC. The summed E-state index contributed by atoms with van der Waals surface area (Å²) in [5.74, 6) is -0.512. The number of phosphoric acid groups is 1. The summed E-state index contributed by atoms with van der Waals surface area (Å²) in [4.78, 5) is 40.2. The van der Waals surface area contributed by atoms with Crippen LogP contribution < -0.4 is 10.2 Å². The molecule has 9 nitrogen and oxygen atoms in total. The average molecular weight is 1170 g/mol. The Bertz CT molecular complexity index is 1390. The molecule has 0 bridgehead atoms. The quantitative estimate of drug-likeness (QED) is 0.0212. The van der Waals surface area contributed by atoms with Crippen molar-refractivity contribution in [2.75, 3.05) is 40.9 Å². The fraction of sp³-hybridized carbons (Fsp3) is 0.944. The van der Waals surface area contributed by atoms with Crippen molar-refractivity contribution in [3.8, 4) is 0 Å². The zero-order valence-electron chi connectivity index (χ0n) is 55.3. The summed E-state index contributed by atoms with van der Waals surface area (Å²) in [7, 11) is 1.21. The number of unbranched alkanes of at least 4 members (excludes halogenated alkanes) is 51. The highest BCUT2D eigenvalue weighted by Crippen LogP contribution is 2.38. The second-order valence-corrected chi connectivity index (χ2v) is 27.5. The summed E-state index contributed by atoms with van der Waals surface area (Å²) >= 11 is 0. The van der Waals surface area contributed by atoms with Crippen LogP contribution in [0.5, 0.6) is 0 Å². The Kier molecular flexibility index (Phi) is 60.9. The highest BCUT2D eigenvalue weighted by atomic mass is 31.2. The molecule has 0 aromatic rings. The lowest BCUT2D eigenvalue weighted by molar-refractivity contribution is -0.870. The first-order chi connectivity index (χ1) is 39.4. The van der Waals surface area contributed by atoms with Gasteiger partial charge in [0.25, 0.3) is 7.82 Å². The van der Waals surface area contributed by atoms with E-state index >= 15 is 0 Å². The Hall–Kier alpha value is -1.25. The maximum Gasteiger partial charge on any atom is 0.306 e. The van der Waals surface area contributed by atoms with E-state index < -0.39 is 20.0 Å². The van der Waals surface area contributed by atoms with E-state index in [1.54, 1.807) is 0 Å². The van der Waals surface area contributed by atoms with E-state index in [1.807, 2.05) is 33.3 Å². The maximum atomic E-state index is 13.6. The van der Waals surface area contributed by atoms with Crippen molar-refractivity contribution < 1.29 is 37.3 Å². The number of carbonyl (C=O) groups is 2. The number of phosphoric ester groups is 1. The number of ether oxygens (including phenoxy) is 1. The van der Waals surface area contributed by atoms with E-state index in [9.17, 15) is 19.0 Å². The van der Waals surface area contributed by atoms with E-state index in [0.29, 0.717) is 17.4 Å². The van der Waals surface area contributed by atoms with E-state index in [-0.39, 0.29) is 31.5 Å². The molecule has 0 saturated carbocycles. The van der Waals surface area contributed by atoms with Crippen molar-refractivity contribution >= 4 is 19.7 Å². The summed E-state index contributed by atoms with van der Waals surface area (Å²) in [6.45, 7) is 6.93. The number of esters is 1. The topological polar surface area (TPSA) is 114 Å². The average Bonchev–Trinajstić information content (AvgIpc) is 3.44. The van der Waals surface area contributed by atoms with Gasteiger partial charge in [-0.05, 0) is 31.8 Å². The van der Waals surface area contributed by atoms with Crippen LogP contribution in [0.1, 0.15) is 380 Å². The standard InChI is InChI=1S/C71H141N2O7P/c1-7-10-13-16-19-22-25-28-30-32-33-34-35-36-37-38-39-41-42-45-48-51-54-57-60-63-70(74)72-68(67-79-81(76,77)78-66-65-73(4,5)6)69(62-59-56-53-50-47-44-27-24-21-18-15-12-9-3)80-71(75)64-61-58-55-52-49-46-43-40-31-29-26-23-20-17-14-11-8-2/h59,62,68-69H,7-58,60-61,63-67H2,1-6H3,(H-,72,74,76,77)/b62-59-. The molecule has 0 aromatic carbocycles. The Morgan fingerprint density at radius 2 is 0.704 bits per heavy atom. The third kappa shape index (κ3) is 63.1. The monoisotopic (exact) mass is 1170 g/mol. The molecule has 0 aliphatic rings. The van der Waals surface area contributed by atoms with Gasteiger partial charge in [0, 0.05) is 12.8 Å². The van der Waals surface area contributed by atoms with E-state index in [0.717, 1.165) is 57.8 Å². The number of nitrogens with zero attached hydrogens (tertiary/aromatic N) is 1. The van der Waals surface area contributed by atoms with E-state index in [2.05, 4.69) is 26.1 Å². The minimum atomic E-state index is -4.70. The number of hydrogen-bond donors (Lipinski definition) is 1. The van der Waals surface area contributed by atoms with Gasteiger partial charge >= 0.3 is 5.97 Å². The number of nitrogens with one attached hydrogen (secondary N) is 1. The molecule has 0 radical (unpaired) electrons. The third-order valence-corrected chi connectivity index (χ3v) is 17.7. The molecule has 3 atom stereocenters. The molecule has 0 saturated heterocycles. The highest BCUT2D eigenvalue weighted by Gasteiger charge is 2.27. The van der Waals surface area contributed by atoms with Crippen LogP contribution in [0.25, 0.3) is 0 Å². The molecule has 81 heavy (non-hydrogen) atoms. The van der Waals surface area contributed by atoms with Gasteiger partial charge in [-0.1, -0.05) is 348 Å². The van der Waals surface area contributed by atoms with Gasteiger partial charge in [0.2, 0.25) is 5.91 Å². The van der Waals surface area contributed by atoms with E-state index in [1.165, 1.54) is 289 Å². The number of quaternary nitrogens is 1. The third-order valence-electron chi connectivity index (χ3n) is 16.7. The fourth-order valence-corrected chi connectivity index (χ4v) is 11.9. The van der Waals surface area contributed by atoms with Crippen LogP contribution in [-0.4, -0.2) is 69.4 Å². The predicted molar refractivity (Wildman–Crippen MR) is 349 cm³/mol. The van der Waals surface area contributed by atoms with Gasteiger partial charge in [0.05, 0.1) is 33.8 Å². The molecule has 1 N–H and O–H groups in total. The molecular weight excluding hydrogens is 1020 g/mol. The number of amides is 1. The normalized spacial score (nSPS) is 13.5. The first-order valence-electron chi connectivity index (χ1n) is 36.0. The van der Waals surface area contributed by atoms with E-state index in [4.69, 9.17) is 13.8 Å². The molecule has 0 spiro atoms. The molecule has 0 heterocycles. The molecule has 10 heteroatoms. The van der Waals surface area contributed by atoms with Gasteiger partial charge in [-0.3, -0.25) is 14.2 Å². The van der Waals surface area contributed by atoms with Crippen LogP contribution in [0, 0.1) is 0 Å². The number of hydrogen-bond acceptors (Lipinski definition) is 7. The molecular formula is C71H141N2O7P. The molecule has 0 rings (SSSR count). The van der Waals surface area contributed by atoms with Crippen molar-refractivity contribution in [2.45, 2.75) is 392 Å². The van der Waals surface area contributed by atoms with Crippen molar-refractivity contribution in [3.63, 3.8) is 0 Å². The molecule has 0 aliphatic carbocycles. The summed E-state index contributed by atoms with van der Waals surface area (Å²) < 4.78 is 30.5. The van der Waals surface area contributed by atoms with Crippen LogP contribution in [-0.2, 0) is 27.9 Å². The molecule has 0 fully saturated rings. The van der Waals surface area contributed by atoms with Crippen LogP contribution in [0.15, 0.2) is 12.2 Å². The second kappa shape index (κ2) is 61.8. The number of carbonyl (C=O) groups excluding carboxylic acids is 2. The van der Waals surface area contributed by atoms with Gasteiger partial charge in [-0.2, -0.15) is 0 Å². The lowest BCUT2D eigenvalue weighted by Gasteiger charge is -2.30. The fourth-order valence-electron chi connectivity index (χ4n) is 11.2. The predicted octanol–water partition coefficient (Wildman–Crippen LogP) is 22.1. The van der Waals surface area contributed by atoms with Crippen molar-refractivity contribution in [3.05, 3.63) is 12.2 Å². The molecule has 0 aromatic heterocycles. The lowest BCUT2D eigenvalue weighted by Crippen LogP contribution is -2.47. The zero-order chi connectivity index (χ0) is 59.3. The van der Waals surface area contributed by atoms with Gasteiger partial charge < -0.3 is 28.5 Å². The minimum absolute atomic E-state index is 0.0163. The Balaban J connectivity index is 5.02. The molecule has 482 valence electrons. The van der Waals surface area contributed by atoms with Gasteiger partial charge in [0.15, 0.2) is 0 Å². The summed E-state index contributed by atoms with van der Waals surface area (Å²) in [5.41, 5.74) is 0. The summed E-state index contributed by atoms with van der Waals surface area (Å²) in [6.07, 6.45) is 73.4. The van der Waals surface area contributed by atoms with Crippen LogP contribution in [0.2, 0.25) is 0 Å².